The normalized spacial score (nSPS) is 20.2. The number of piperidine rings is 1. The Kier molecular flexibility index (Phi) is 7.19. The lowest BCUT2D eigenvalue weighted by Gasteiger charge is -2.39. The van der Waals surface area contributed by atoms with Crippen LogP contribution >= 0.6 is 34.5 Å². The van der Waals surface area contributed by atoms with Crippen LogP contribution in [-0.2, 0) is 11.3 Å². The molecule has 5 nitrogen and oxygen atoms in total. The molecule has 2 aliphatic rings. The number of benzene rings is 2. The van der Waals surface area contributed by atoms with Crippen molar-refractivity contribution in [1.29, 1.82) is 0 Å². The van der Waals surface area contributed by atoms with Crippen molar-refractivity contribution in [3.8, 4) is 11.3 Å². The average molecular weight is 557 g/mol. The SMILES string of the molecule is CCC[C@H]1CC(OCc2c(-c3c(Cl)cccc3Cl)noc2C2CC2)CCN1c1nc2ccc(C)cc2s1. The zero-order chi connectivity index (χ0) is 25.5. The Balaban J connectivity index is 1.21. The Morgan fingerprint density at radius 2 is 1.95 bits per heavy atom. The molecule has 0 N–H and O–H groups in total. The first-order valence-corrected chi connectivity index (χ1v) is 14.8. The summed E-state index contributed by atoms with van der Waals surface area (Å²) in [5.74, 6) is 1.34. The molecule has 194 valence electrons. The Morgan fingerprint density at radius 1 is 1.14 bits per heavy atom. The molecular formula is C29H31Cl2N3O2S. The molecule has 1 unspecified atom stereocenters. The van der Waals surface area contributed by atoms with Crippen LogP contribution in [0.3, 0.4) is 0 Å². The van der Waals surface area contributed by atoms with Crippen LogP contribution in [0.5, 0.6) is 0 Å². The maximum absolute atomic E-state index is 6.59. The number of thiazole rings is 1. The van der Waals surface area contributed by atoms with E-state index in [1.807, 2.05) is 18.2 Å². The predicted molar refractivity (Wildman–Crippen MR) is 152 cm³/mol. The summed E-state index contributed by atoms with van der Waals surface area (Å²) in [5, 5.41) is 6.70. The molecule has 0 amide bonds. The smallest absolute Gasteiger partial charge is 0.186 e. The maximum atomic E-state index is 6.59. The summed E-state index contributed by atoms with van der Waals surface area (Å²) in [7, 11) is 0. The summed E-state index contributed by atoms with van der Waals surface area (Å²) in [6.07, 6.45) is 6.60. The second-order valence-corrected chi connectivity index (χ2v) is 12.1. The Labute approximate surface area is 231 Å². The molecule has 4 aromatic rings. The maximum Gasteiger partial charge on any atom is 0.186 e. The van der Waals surface area contributed by atoms with Gasteiger partial charge in [-0.1, -0.05) is 65.2 Å². The number of hydrogen-bond donors (Lipinski definition) is 0. The Hall–Kier alpha value is -2.12. The van der Waals surface area contributed by atoms with Gasteiger partial charge in [0.25, 0.3) is 0 Å². The van der Waals surface area contributed by atoms with Crippen LogP contribution in [0, 0.1) is 6.92 Å². The largest absolute Gasteiger partial charge is 0.373 e. The molecule has 1 saturated heterocycles. The van der Waals surface area contributed by atoms with Crippen LogP contribution in [0.2, 0.25) is 10.0 Å². The van der Waals surface area contributed by atoms with E-state index >= 15 is 0 Å². The van der Waals surface area contributed by atoms with E-state index in [0.717, 1.165) is 72.6 Å². The Bertz CT molecular complexity index is 1390. The number of rotatable bonds is 8. The quantitative estimate of drug-likeness (QED) is 0.217. The zero-order valence-electron chi connectivity index (χ0n) is 21.2. The molecule has 0 radical (unpaired) electrons. The number of aromatic nitrogens is 2. The number of halogens is 2. The van der Waals surface area contributed by atoms with E-state index in [1.54, 1.807) is 11.3 Å². The fraction of sp³-hybridized carbons (Fsp3) is 0.448. The van der Waals surface area contributed by atoms with Crippen molar-refractivity contribution in [3.05, 3.63) is 63.3 Å². The molecule has 3 heterocycles. The lowest BCUT2D eigenvalue weighted by molar-refractivity contribution is 0.0153. The van der Waals surface area contributed by atoms with Crippen molar-refractivity contribution in [2.45, 2.75) is 77.0 Å². The molecule has 2 atom stereocenters. The average Bonchev–Trinajstić information content (AvgIpc) is 3.51. The molecule has 2 aromatic carbocycles. The van der Waals surface area contributed by atoms with Gasteiger partial charge in [-0.25, -0.2) is 4.98 Å². The third-order valence-electron chi connectivity index (χ3n) is 7.50. The number of ether oxygens (including phenoxy) is 1. The minimum Gasteiger partial charge on any atom is -0.373 e. The van der Waals surface area contributed by atoms with Gasteiger partial charge in [0, 0.05) is 29.6 Å². The van der Waals surface area contributed by atoms with Crippen LogP contribution < -0.4 is 4.90 Å². The van der Waals surface area contributed by atoms with Gasteiger partial charge in [0.15, 0.2) is 5.13 Å². The van der Waals surface area contributed by atoms with Crippen molar-refractivity contribution in [2.24, 2.45) is 0 Å². The minimum atomic E-state index is 0.168. The van der Waals surface area contributed by atoms with E-state index in [4.69, 9.17) is 37.4 Å². The highest BCUT2D eigenvalue weighted by atomic mass is 35.5. The van der Waals surface area contributed by atoms with Gasteiger partial charge in [0.05, 0.1) is 33.0 Å². The van der Waals surface area contributed by atoms with Gasteiger partial charge in [-0.3, -0.25) is 0 Å². The highest BCUT2D eigenvalue weighted by molar-refractivity contribution is 7.22. The molecular weight excluding hydrogens is 525 g/mol. The summed E-state index contributed by atoms with van der Waals surface area (Å²) >= 11 is 14.9. The number of hydrogen-bond acceptors (Lipinski definition) is 6. The number of nitrogens with zero attached hydrogens (tertiary/aromatic N) is 3. The van der Waals surface area contributed by atoms with E-state index in [-0.39, 0.29) is 6.10 Å². The minimum absolute atomic E-state index is 0.168. The molecule has 8 heteroatoms. The summed E-state index contributed by atoms with van der Waals surface area (Å²) in [6.45, 7) is 5.78. The standard InChI is InChI=1S/C29H31Cl2N3O2S/c1-3-5-19-15-20(12-13-34(19)29-32-24-11-8-17(2)14-25(24)37-29)35-16-21-27(33-36-28(21)18-9-10-18)26-22(30)6-4-7-23(26)31/h4,6-8,11,14,18-20H,3,5,9-10,12-13,15-16H2,1-2H3/t19-,20?/m0/s1. The van der Waals surface area contributed by atoms with Gasteiger partial charge >= 0.3 is 0 Å². The van der Waals surface area contributed by atoms with E-state index in [2.05, 4.69) is 42.1 Å². The molecule has 6 rings (SSSR count). The highest BCUT2D eigenvalue weighted by Gasteiger charge is 2.35. The fourth-order valence-corrected chi connectivity index (χ4v) is 7.15. The first kappa shape index (κ1) is 25.2. The number of fused-ring (bicyclic) bond motifs is 1. The monoisotopic (exact) mass is 555 g/mol. The molecule has 1 aliphatic heterocycles. The van der Waals surface area contributed by atoms with Gasteiger partial charge in [0.1, 0.15) is 11.5 Å². The van der Waals surface area contributed by atoms with E-state index in [0.29, 0.717) is 34.3 Å². The molecule has 2 aromatic heterocycles. The van der Waals surface area contributed by atoms with Gasteiger partial charge in [0.2, 0.25) is 0 Å². The number of aryl methyl sites for hydroxylation is 1. The Morgan fingerprint density at radius 3 is 2.70 bits per heavy atom. The van der Waals surface area contributed by atoms with E-state index < -0.39 is 0 Å². The molecule has 1 aliphatic carbocycles. The topological polar surface area (TPSA) is 51.4 Å². The first-order valence-electron chi connectivity index (χ1n) is 13.2. The molecule has 0 spiro atoms. The van der Waals surface area contributed by atoms with Gasteiger partial charge in [-0.15, -0.1) is 0 Å². The van der Waals surface area contributed by atoms with Crippen molar-refractivity contribution in [2.75, 3.05) is 11.4 Å². The van der Waals surface area contributed by atoms with Crippen molar-refractivity contribution in [3.63, 3.8) is 0 Å². The van der Waals surface area contributed by atoms with Crippen molar-refractivity contribution < 1.29 is 9.26 Å². The number of anilines is 1. The van der Waals surface area contributed by atoms with Gasteiger partial charge < -0.3 is 14.2 Å². The third kappa shape index (κ3) is 5.14. The van der Waals surface area contributed by atoms with Gasteiger partial charge in [-0.2, -0.15) is 0 Å². The van der Waals surface area contributed by atoms with Crippen LogP contribution in [0.4, 0.5) is 5.13 Å². The first-order chi connectivity index (χ1) is 18.0. The second kappa shape index (κ2) is 10.6. The molecule has 1 saturated carbocycles. The highest BCUT2D eigenvalue weighted by Crippen LogP contribution is 2.46. The summed E-state index contributed by atoms with van der Waals surface area (Å²) < 4.78 is 13.7. The second-order valence-electron chi connectivity index (χ2n) is 10.3. The van der Waals surface area contributed by atoms with Crippen LogP contribution in [0.1, 0.15) is 68.3 Å². The molecule has 2 fully saturated rings. The summed E-state index contributed by atoms with van der Waals surface area (Å²) in [4.78, 5) is 7.49. The van der Waals surface area contributed by atoms with Crippen LogP contribution in [0.15, 0.2) is 40.9 Å². The lowest BCUT2D eigenvalue weighted by atomic mass is 9.96. The third-order valence-corrected chi connectivity index (χ3v) is 9.18. The van der Waals surface area contributed by atoms with Crippen molar-refractivity contribution in [1.82, 2.24) is 10.1 Å². The zero-order valence-corrected chi connectivity index (χ0v) is 23.5. The fourth-order valence-electron chi connectivity index (χ4n) is 5.42. The lowest BCUT2D eigenvalue weighted by Crippen LogP contribution is -2.45. The molecule has 0 bridgehead atoms. The summed E-state index contributed by atoms with van der Waals surface area (Å²) in [6, 6.07) is 12.4. The van der Waals surface area contributed by atoms with Crippen LogP contribution in [-0.4, -0.2) is 28.8 Å². The van der Waals surface area contributed by atoms with E-state index in [9.17, 15) is 0 Å². The van der Waals surface area contributed by atoms with Gasteiger partial charge in [-0.05, 0) is 68.9 Å². The predicted octanol–water partition coefficient (Wildman–Crippen LogP) is 8.80. The molecule has 37 heavy (non-hydrogen) atoms. The van der Waals surface area contributed by atoms with Crippen molar-refractivity contribution >= 4 is 49.9 Å². The van der Waals surface area contributed by atoms with Crippen LogP contribution in [0.25, 0.3) is 21.5 Å². The van der Waals surface area contributed by atoms with E-state index in [1.165, 1.54) is 10.3 Å². The summed E-state index contributed by atoms with van der Waals surface area (Å²) in [5.41, 5.74) is 4.80.